The van der Waals surface area contributed by atoms with Crippen molar-refractivity contribution in [2.45, 2.75) is 12.7 Å². The zero-order chi connectivity index (χ0) is 8.20. The Labute approximate surface area is 58.7 Å². The van der Waals surface area contributed by atoms with Gasteiger partial charge in [0, 0.05) is 13.0 Å². The molecule has 0 aromatic carbocycles. The van der Waals surface area contributed by atoms with Crippen LogP contribution in [0, 0.1) is 0 Å². The fourth-order valence-electron chi connectivity index (χ4n) is 0.288. The topological polar surface area (TPSA) is 66.4 Å². The third kappa shape index (κ3) is 3.21. The third-order valence-electron chi connectivity index (χ3n) is 0.755. The summed E-state index contributed by atoms with van der Waals surface area (Å²) < 4.78 is 4.22. The molecule has 0 rings (SSSR count). The molecule has 0 saturated carbocycles. The van der Waals surface area contributed by atoms with Gasteiger partial charge in [-0.05, 0) is 0 Å². The highest BCUT2D eigenvalue weighted by Crippen LogP contribution is 2.03. The molecule has 0 aromatic rings. The van der Waals surface area contributed by atoms with Crippen LogP contribution in [0.3, 0.4) is 0 Å². The lowest BCUT2D eigenvalue weighted by Crippen LogP contribution is -2.34. The number of aliphatic hydroxyl groups is 1. The predicted octanol–water partition coefficient (Wildman–Crippen LogP) is -0.145. The lowest BCUT2D eigenvalue weighted by atomic mass is 10.3. The summed E-state index contributed by atoms with van der Waals surface area (Å²) in [5.41, 5.74) is 0. The summed E-state index contributed by atoms with van der Waals surface area (Å²) in [4.78, 5) is 10.3. The Bertz CT molecular complexity index is 139. The first-order valence-corrected chi connectivity index (χ1v) is 2.68. The van der Waals surface area contributed by atoms with Crippen molar-refractivity contribution in [3.63, 3.8) is 0 Å². The minimum Gasteiger partial charge on any atom is -0.428 e. The number of ether oxygens (including phenoxy) is 1. The third-order valence-corrected chi connectivity index (χ3v) is 0.755. The van der Waals surface area contributed by atoms with Crippen LogP contribution in [0.2, 0.25) is 0 Å². The van der Waals surface area contributed by atoms with Gasteiger partial charge in [0.2, 0.25) is 5.79 Å². The van der Waals surface area contributed by atoms with Gasteiger partial charge in [0.25, 0.3) is 0 Å². The van der Waals surface area contributed by atoms with E-state index in [1.807, 2.05) is 0 Å². The molecule has 57 valence electrons. The van der Waals surface area contributed by atoms with Crippen LogP contribution in [-0.4, -0.2) is 23.5 Å². The van der Waals surface area contributed by atoms with Crippen molar-refractivity contribution in [2.24, 2.45) is 0 Å². The average molecular weight is 145 g/mol. The summed E-state index contributed by atoms with van der Waals surface area (Å²) in [6, 6.07) is 0. The SMILES string of the molecule is C=CC(=O)OC(C)(O)C[O]. The van der Waals surface area contributed by atoms with Crippen LogP contribution < -0.4 is 0 Å². The Morgan fingerprint density at radius 2 is 2.40 bits per heavy atom. The standard InChI is InChI=1S/C6H9O4/c1-3-5(8)10-6(2,9)4-7/h3,9H,1,4H2,2H3. The van der Waals surface area contributed by atoms with Gasteiger partial charge >= 0.3 is 5.97 Å². The molecular weight excluding hydrogens is 136 g/mol. The molecule has 1 radical (unpaired) electrons. The van der Waals surface area contributed by atoms with E-state index in [1.54, 1.807) is 0 Å². The summed E-state index contributed by atoms with van der Waals surface area (Å²) in [6.07, 6.45) is 0.879. The van der Waals surface area contributed by atoms with E-state index in [0.29, 0.717) is 0 Å². The maximum Gasteiger partial charge on any atom is 0.332 e. The van der Waals surface area contributed by atoms with Gasteiger partial charge < -0.3 is 9.84 Å². The summed E-state index contributed by atoms with van der Waals surface area (Å²) >= 11 is 0. The Balaban J connectivity index is 3.87. The van der Waals surface area contributed by atoms with Gasteiger partial charge in [0.05, 0.1) is 0 Å². The number of rotatable bonds is 3. The monoisotopic (exact) mass is 145 g/mol. The molecule has 0 fully saturated rings. The molecule has 0 aliphatic heterocycles. The molecule has 0 aliphatic carbocycles. The van der Waals surface area contributed by atoms with Crippen molar-refractivity contribution < 1.29 is 19.7 Å². The molecule has 0 saturated heterocycles. The van der Waals surface area contributed by atoms with Crippen molar-refractivity contribution in [1.29, 1.82) is 0 Å². The highest BCUT2D eigenvalue weighted by Gasteiger charge is 2.23. The number of carbonyl (C=O) groups is 1. The Hall–Kier alpha value is -0.870. The van der Waals surface area contributed by atoms with Gasteiger partial charge in [-0.15, -0.1) is 0 Å². The van der Waals surface area contributed by atoms with Crippen molar-refractivity contribution in [1.82, 2.24) is 0 Å². The van der Waals surface area contributed by atoms with Crippen LogP contribution in [-0.2, 0) is 14.6 Å². The van der Waals surface area contributed by atoms with Crippen LogP contribution in [0.4, 0.5) is 0 Å². The number of hydrogen-bond donors (Lipinski definition) is 1. The fourth-order valence-corrected chi connectivity index (χ4v) is 0.288. The second kappa shape index (κ2) is 3.34. The fraction of sp³-hybridized carbons (Fsp3) is 0.500. The van der Waals surface area contributed by atoms with Gasteiger partial charge in [-0.3, -0.25) is 0 Å². The van der Waals surface area contributed by atoms with E-state index >= 15 is 0 Å². The van der Waals surface area contributed by atoms with Gasteiger partial charge in [0.1, 0.15) is 6.61 Å². The van der Waals surface area contributed by atoms with E-state index in [9.17, 15) is 9.90 Å². The molecule has 0 spiro atoms. The zero-order valence-corrected chi connectivity index (χ0v) is 5.66. The molecule has 4 nitrogen and oxygen atoms in total. The van der Waals surface area contributed by atoms with E-state index in [-0.39, 0.29) is 0 Å². The predicted molar refractivity (Wildman–Crippen MR) is 32.5 cm³/mol. The second-order valence-corrected chi connectivity index (χ2v) is 1.94. The lowest BCUT2D eigenvalue weighted by Gasteiger charge is -2.18. The van der Waals surface area contributed by atoms with E-state index in [1.165, 1.54) is 0 Å². The smallest absolute Gasteiger partial charge is 0.332 e. The van der Waals surface area contributed by atoms with Crippen LogP contribution in [0.5, 0.6) is 0 Å². The van der Waals surface area contributed by atoms with E-state index in [0.717, 1.165) is 13.0 Å². The van der Waals surface area contributed by atoms with Gasteiger partial charge in [-0.25, -0.2) is 9.90 Å². The van der Waals surface area contributed by atoms with E-state index in [4.69, 9.17) is 5.11 Å². The quantitative estimate of drug-likeness (QED) is 0.341. The molecule has 1 atom stereocenters. The average Bonchev–Trinajstić information content (AvgIpc) is 1.87. The molecule has 1 N–H and O–H groups in total. The van der Waals surface area contributed by atoms with Crippen LogP contribution >= 0.6 is 0 Å². The molecule has 0 aliphatic rings. The van der Waals surface area contributed by atoms with Crippen molar-refractivity contribution >= 4 is 5.97 Å². The number of carbonyl (C=O) groups excluding carboxylic acids is 1. The van der Waals surface area contributed by atoms with Crippen LogP contribution in [0.15, 0.2) is 12.7 Å². The lowest BCUT2D eigenvalue weighted by molar-refractivity contribution is -0.216. The van der Waals surface area contributed by atoms with E-state index < -0.39 is 18.4 Å². The van der Waals surface area contributed by atoms with Crippen molar-refractivity contribution in [3.8, 4) is 0 Å². The Kier molecular flexibility index (Phi) is 3.05. The zero-order valence-electron chi connectivity index (χ0n) is 5.66. The first kappa shape index (κ1) is 9.13. The maximum absolute atomic E-state index is 10.3. The van der Waals surface area contributed by atoms with E-state index in [2.05, 4.69) is 11.3 Å². The largest absolute Gasteiger partial charge is 0.428 e. The first-order chi connectivity index (χ1) is 4.52. The molecular formula is C6H9O4. The summed E-state index contributed by atoms with van der Waals surface area (Å²) in [6.45, 7) is 3.32. The molecule has 1 unspecified atom stereocenters. The summed E-state index contributed by atoms with van der Waals surface area (Å²) in [5, 5.41) is 18.9. The normalized spacial score (nSPS) is 15.5. The van der Waals surface area contributed by atoms with Gasteiger partial charge in [0.15, 0.2) is 0 Å². The highest BCUT2D eigenvalue weighted by atomic mass is 16.7. The highest BCUT2D eigenvalue weighted by molar-refractivity contribution is 5.81. The maximum atomic E-state index is 10.3. The van der Waals surface area contributed by atoms with Crippen LogP contribution in [0.1, 0.15) is 6.92 Å². The molecule has 10 heavy (non-hydrogen) atoms. The van der Waals surface area contributed by atoms with Crippen molar-refractivity contribution in [2.75, 3.05) is 6.61 Å². The molecule has 0 heterocycles. The van der Waals surface area contributed by atoms with Crippen LogP contribution in [0.25, 0.3) is 0 Å². The first-order valence-electron chi connectivity index (χ1n) is 2.68. The number of hydrogen-bond acceptors (Lipinski definition) is 3. The summed E-state index contributed by atoms with van der Waals surface area (Å²) in [5.74, 6) is -2.72. The minimum atomic E-state index is -1.91. The summed E-state index contributed by atoms with van der Waals surface area (Å²) in [7, 11) is 0. The van der Waals surface area contributed by atoms with Gasteiger partial charge in [-0.1, -0.05) is 6.58 Å². The van der Waals surface area contributed by atoms with Crippen molar-refractivity contribution in [3.05, 3.63) is 12.7 Å². The Morgan fingerprint density at radius 3 is 2.70 bits per heavy atom. The van der Waals surface area contributed by atoms with Gasteiger partial charge in [-0.2, -0.15) is 0 Å². The molecule has 4 heteroatoms. The number of esters is 1. The molecule has 0 aromatic heterocycles. The molecule has 0 amide bonds. The molecule has 0 bridgehead atoms. The Morgan fingerprint density at radius 1 is 1.90 bits per heavy atom. The second-order valence-electron chi connectivity index (χ2n) is 1.94. The minimum absolute atomic E-state index is 0.805.